The van der Waals surface area contributed by atoms with E-state index in [0.717, 1.165) is 12.8 Å². The first kappa shape index (κ1) is 17.2. The molecule has 0 aromatic heterocycles. The van der Waals surface area contributed by atoms with Crippen molar-refractivity contribution in [2.45, 2.75) is 77.6 Å². The fraction of sp³-hybridized carbons (Fsp3) is 0.812. The fourth-order valence-electron chi connectivity index (χ4n) is 1.91. The summed E-state index contributed by atoms with van der Waals surface area (Å²) in [5, 5.41) is 0. The Kier molecular flexibility index (Phi) is 13.6. The maximum atomic E-state index is 10.9. The summed E-state index contributed by atoms with van der Waals surface area (Å²) < 4.78 is 4.60. The molecule has 0 amide bonds. The molecule has 106 valence electrons. The first-order valence-electron chi connectivity index (χ1n) is 7.53. The molecular formula is C16H30O2. The third kappa shape index (κ3) is 13.3. The normalized spacial score (nSPS) is 11.0. The average Bonchev–Trinajstić information content (AvgIpc) is 2.39. The van der Waals surface area contributed by atoms with E-state index in [9.17, 15) is 4.79 Å². The van der Waals surface area contributed by atoms with Gasteiger partial charge in [0.25, 0.3) is 0 Å². The molecule has 0 aliphatic heterocycles. The highest BCUT2D eigenvalue weighted by Crippen LogP contribution is 2.08. The number of hydrogen-bond acceptors (Lipinski definition) is 2. The fourth-order valence-corrected chi connectivity index (χ4v) is 1.91. The van der Waals surface area contributed by atoms with Gasteiger partial charge >= 0.3 is 5.97 Å². The lowest BCUT2D eigenvalue weighted by atomic mass is 10.1. The summed E-state index contributed by atoms with van der Waals surface area (Å²) in [4.78, 5) is 10.9. The minimum absolute atomic E-state index is 0.0787. The van der Waals surface area contributed by atoms with Crippen molar-refractivity contribution in [1.29, 1.82) is 0 Å². The number of unbranched alkanes of at least 4 members (excludes halogenated alkanes) is 8. The molecule has 0 bridgehead atoms. The molecule has 0 spiro atoms. The summed E-state index contributed by atoms with van der Waals surface area (Å²) in [7, 11) is 1.45. The van der Waals surface area contributed by atoms with Gasteiger partial charge in [-0.1, -0.05) is 51.2 Å². The predicted molar refractivity (Wildman–Crippen MR) is 77.6 cm³/mol. The van der Waals surface area contributed by atoms with Crippen LogP contribution < -0.4 is 0 Å². The molecule has 0 aromatic rings. The van der Waals surface area contributed by atoms with Gasteiger partial charge in [0.2, 0.25) is 0 Å². The number of rotatable bonds is 12. The molecule has 0 N–H and O–H groups in total. The second-order valence-corrected chi connectivity index (χ2v) is 4.85. The van der Waals surface area contributed by atoms with Gasteiger partial charge in [-0.05, 0) is 32.1 Å². The largest absolute Gasteiger partial charge is 0.469 e. The lowest BCUT2D eigenvalue weighted by Gasteiger charge is -2.00. The zero-order chi connectivity index (χ0) is 13.5. The van der Waals surface area contributed by atoms with Gasteiger partial charge in [-0.2, -0.15) is 0 Å². The van der Waals surface area contributed by atoms with Crippen LogP contribution in [-0.2, 0) is 9.53 Å². The zero-order valence-electron chi connectivity index (χ0n) is 12.2. The number of hydrogen-bond donors (Lipinski definition) is 0. The topological polar surface area (TPSA) is 26.3 Å². The highest BCUT2D eigenvalue weighted by Gasteiger charge is 1.98. The monoisotopic (exact) mass is 254 g/mol. The number of allylic oxidation sites excluding steroid dienone is 2. The van der Waals surface area contributed by atoms with Crippen LogP contribution in [0.3, 0.4) is 0 Å². The Bertz CT molecular complexity index is 209. The minimum Gasteiger partial charge on any atom is -0.469 e. The van der Waals surface area contributed by atoms with E-state index >= 15 is 0 Å². The molecule has 18 heavy (non-hydrogen) atoms. The average molecular weight is 254 g/mol. The van der Waals surface area contributed by atoms with Gasteiger partial charge < -0.3 is 4.74 Å². The maximum absolute atomic E-state index is 10.9. The van der Waals surface area contributed by atoms with Gasteiger partial charge in [-0.15, -0.1) is 0 Å². The van der Waals surface area contributed by atoms with Crippen molar-refractivity contribution in [2.24, 2.45) is 0 Å². The molecule has 2 heteroatoms. The predicted octanol–water partition coefficient (Wildman–Crippen LogP) is 5.03. The third-order valence-electron chi connectivity index (χ3n) is 3.12. The Morgan fingerprint density at radius 1 is 0.889 bits per heavy atom. The zero-order valence-corrected chi connectivity index (χ0v) is 12.2. The Balaban J connectivity index is 3.09. The molecule has 0 unspecified atom stereocenters. The van der Waals surface area contributed by atoms with Crippen LogP contribution >= 0.6 is 0 Å². The lowest BCUT2D eigenvalue weighted by Crippen LogP contribution is -1.98. The van der Waals surface area contributed by atoms with Crippen molar-refractivity contribution in [2.75, 3.05) is 7.11 Å². The molecule has 0 saturated carbocycles. The maximum Gasteiger partial charge on any atom is 0.305 e. The van der Waals surface area contributed by atoms with Gasteiger partial charge in [0.15, 0.2) is 0 Å². The molecule has 0 fully saturated rings. The van der Waals surface area contributed by atoms with Crippen molar-refractivity contribution in [3.05, 3.63) is 12.2 Å². The van der Waals surface area contributed by atoms with Gasteiger partial charge in [0, 0.05) is 6.42 Å². The van der Waals surface area contributed by atoms with Crippen molar-refractivity contribution in [3.63, 3.8) is 0 Å². The molecule has 0 atom stereocenters. The van der Waals surface area contributed by atoms with Gasteiger partial charge in [-0.3, -0.25) is 4.79 Å². The van der Waals surface area contributed by atoms with Crippen LogP contribution in [0.5, 0.6) is 0 Å². The summed E-state index contributed by atoms with van der Waals surface area (Å²) in [5.41, 5.74) is 0. The number of carbonyl (C=O) groups excluding carboxylic acids is 1. The quantitative estimate of drug-likeness (QED) is 0.277. The molecule has 0 rings (SSSR count). The van der Waals surface area contributed by atoms with Crippen molar-refractivity contribution < 1.29 is 9.53 Å². The van der Waals surface area contributed by atoms with E-state index in [1.54, 1.807) is 0 Å². The summed E-state index contributed by atoms with van der Waals surface area (Å²) in [6.07, 6.45) is 17.6. The van der Waals surface area contributed by atoms with Crippen LogP contribution in [0.2, 0.25) is 0 Å². The number of ether oxygens (including phenoxy) is 1. The van der Waals surface area contributed by atoms with Gasteiger partial charge in [0.1, 0.15) is 0 Å². The number of methoxy groups -OCH3 is 1. The van der Waals surface area contributed by atoms with Crippen LogP contribution in [0, 0.1) is 0 Å². The van der Waals surface area contributed by atoms with Crippen LogP contribution in [0.4, 0.5) is 0 Å². The lowest BCUT2D eigenvalue weighted by molar-refractivity contribution is -0.140. The van der Waals surface area contributed by atoms with Crippen molar-refractivity contribution in [1.82, 2.24) is 0 Å². The summed E-state index contributed by atoms with van der Waals surface area (Å²) >= 11 is 0. The summed E-state index contributed by atoms with van der Waals surface area (Å²) in [5.74, 6) is -0.0787. The smallest absolute Gasteiger partial charge is 0.305 e. The molecule has 2 nitrogen and oxygen atoms in total. The van der Waals surface area contributed by atoms with E-state index in [2.05, 4.69) is 23.8 Å². The van der Waals surface area contributed by atoms with Gasteiger partial charge in [-0.25, -0.2) is 0 Å². The van der Waals surface area contributed by atoms with E-state index in [1.807, 2.05) is 0 Å². The molecule has 0 aliphatic rings. The van der Waals surface area contributed by atoms with Crippen molar-refractivity contribution >= 4 is 5.97 Å². The van der Waals surface area contributed by atoms with E-state index < -0.39 is 0 Å². The van der Waals surface area contributed by atoms with Crippen molar-refractivity contribution in [3.8, 4) is 0 Å². The summed E-state index contributed by atoms with van der Waals surface area (Å²) in [6.45, 7) is 2.24. The molecule has 0 saturated heterocycles. The number of carbonyl (C=O) groups is 1. The Morgan fingerprint density at radius 2 is 1.44 bits per heavy atom. The Labute approximate surface area is 113 Å². The van der Waals surface area contributed by atoms with Crippen LogP contribution in [0.25, 0.3) is 0 Å². The SMILES string of the molecule is CCCCCC=CCCCCCCCC(=O)OC. The van der Waals surface area contributed by atoms with E-state index in [4.69, 9.17) is 0 Å². The van der Waals surface area contributed by atoms with Crippen LogP contribution in [-0.4, -0.2) is 13.1 Å². The molecule has 0 aromatic carbocycles. The van der Waals surface area contributed by atoms with E-state index in [-0.39, 0.29) is 5.97 Å². The third-order valence-corrected chi connectivity index (χ3v) is 3.12. The second kappa shape index (κ2) is 14.3. The second-order valence-electron chi connectivity index (χ2n) is 4.85. The minimum atomic E-state index is -0.0787. The molecule has 0 heterocycles. The summed E-state index contributed by atoms with van der Waals surface area (Å²) in [6, 6.07) is 0. The standard InChI is InChI=1S/C16H30O2/c1-3-4-5-6-7-8-9-10-11-12-13-14-15-16(17)18-2/h7-8H,3-6,9-15H2,1-2H3. The van der Waals surface area contributed by atoms with Gasteiger partial charge in [0.05, 0.1) is 7.11 Å². The molecule has 0 radical (unpaired) electrons. The first-order valence-corrected chi connectivity index (χ1v) is 7.53. The number of esters is 1. The highest BCUT2D eigenvalue weighted by atomic mass is 16.5. The van der Waals surface area contributed by atoms with Crippen LogP contribution in [0.15, 0.2) is 12.2 Å². The van der Waals surface area contributed by atoms with Crippen LogP contribution in [0.1, 0.15) is 77.6 Å². The Morgan fingerprint density at radius 3 is 2.06 bits per heavy atom. The first-order chi connectivity index (χ1) is 8.81. The van der Waals surface area contributed by atoms with E-state index in [0.29, 0.717) is 6.42 Å². The molecular weight excluding hydrogens is 224 g/mol. The molecule has 0 aliphatic carbocycles. The Hall–Kier alpha value is -0.790. The highest BCUT2D eigenvalue weighted by molar-refractivity contribution is 5.68. The van der Waals surface area contributed by atoms with E-state index in [1.165, 1.54) is 58.5 Å².